The number of hydrogen-bond acceptors (Lipinski definition) is 5. The second-order valence-corrected chi connectivity index (χ2v) is 16.6. The van der Waals surface area contributed by atoms with Crippen LogP contribution in [-0.4, -0.2) is 36.2 Å². The van der Waals surface area contributed by atoms with Crippen molar-refractivity contribution in [2.45, 2.75) is 132 Å². The van der Waals surface area contributed by atoms with Crippen molar-refractivity contribution in [3.8, 4) is 0 Å². The minimum absolute atomic E-state index is 0.00173. The minimum Gasteiger partial charge on any atom is -0.481 e. The predicted molar refractivity (Wildman–Crippen MR) is 158 cm³/mol. The summed E-state index contributed by atoms with van der Waals surface area (Å²) in [6.45, 7) is 16.9. The van der Waals surface area contributed by atoms with Crippen LogP contribution in [0.25, 0.3) is 0 Å². The van der Waals surface area contributed by atoms with E-state index in [0.717, 1.165) is 64.2 Å². The van der Waals surface area contributed by atoms with Gasteiger partial charge in [-0.1, -0.05) is 60.1 Å². The van der Waals surface area contributed by atoms with E-state index in [2.05, 4.69) is 54.5 Å². The van der Waals surface area contributed by atoms with Crippen LogP contribution in [0.2, 0.25) is 0 Å². The van der Waals surface area contributed by atoms with Gasteiger partial charge in [-0.15, -0.1) is 0 Å². The molecule has 8 atom stereocenters. The van der Waals surface area contributed by atoms with Gasteiger partial charge in [-0.05, 0) is 104 Å². The number of methoxy groups -OCH3 is 1. The number of hydrogen-bond donors (Lipinski definition) is 1. The van der Waals surface area contributed by atoms with Gasteiger partial charge in [-0.3, -0.25) is 14.4 Å². The van der Waals surface area contributed by atoms with Gasteiger partial charge in [0.15, 0.2) is 0 Å². The van der Waals surface area contributed by atoms with Gasteiger partial charge < -0.3 is 14.6 Å². The van der Waals surface area contributed by atoms with Gasteiger partial charge >= 0.3 is 17.9 Å². The van der Waals surface area contributed by atoms with E-state index in [9.17, 15) is 14.4 Å². The number of esters is 2. The molecule has 0 spiro atoms. The maximum atomic E-state index is 13.5. The van der Waals surface area contributed by atoms with Crippen molar-refractivity contribution in [2.24, 2.45) is 50.2 Å². The van der Waals surface area contributed by atoms with Crippen LogP contribution in [0.15, 0.2) is 11.6 Å². The van der Waals surface area contributed by atoms with Crippen LogP contribution in [0.1, 0.15) is 126 Å². The molecule has 0 aromatic heterocycles. The molecule has 6 nitrogen and oxygen atoms in total. The van der Waals surface area contributed by atoms with Crippen LogP contribution in [0.3, 0.4) is 0 Å². The molecule has 0 aromatic carbocycles. The van der Waals surface area contributed by atoms with Crippen molar-refractivity contribution in [1.29, 1.82) is 0 Å². The van der Waals surface area contributed by atoms with E-state index in [1.807, 2.05) is 0 Å². The number of aliphatic carboxylic acids is 1. The lowest BCUT2D eigenvalue weighted by molar-refractivity contribution is -0.214. The number of fused-ring (bicyclic) bond motifs is 7. The third-order valence-corrected chi connectivity index (χ3v) is 14.0. The predicted octanol–water partition coefficient (Wildman–Crippen LogP) is 7.74. The van der Waals surface area contributed by atoms with Gasteiger partial charge in [0.1, 0.15) is 6.10 Å². The SMILES string of the molecule is COC(=O)[C@]12CCC(C)(C)C[C@H]1C1=CC[C@@H]3[C@@]4(C)CC[C@H](OC(=O)CCC(=O)O)C(C)(C)[C@@H]4CC[C@@]3(C)[C@]1(C)CC2. The van der Waals surface area contributed by atoms with Crippen LogP contribution in [-0.2, 0) is 23.9 Å². The molecule has 0 heterocycles. The number of carbonyl (C=O) groups is 3. The molecule has 5 aliphatic rings. The van der Waals surface area contributed by atoms with Gasteiger partial charge in [0.25, 0.3) is 0 Å². The highest BCUT2D eigenvalue weighted by atomic mass is 16.5. The molecule has 230 valence electrons. The lowest BCUT2D eigenvalue weighted by Crippen LogP contribution is -2.65. The highest BCUT2D eigenvalue weighted by Gasteiger charge is 2.69. The summed E-state index contributed by atoms with van der Waals surface area (Å²) in [5, 5.41) is 9.00. The smallest absolute Gasteiger partial charge is 0.312 e. The molecule has 0 aromatic rings. The van der Waals surface area contributed by atoms with E-state index >= 15 is 0 Å². The Labute approximate surface area is 247 Å². The van der Waals surface area contributed by atoms with Crippen LogP contribution in [0.5, 0.6) is 0 Å². The maximum Gasteiger partial charge on any atom is 0.312 e. The zero-order chi connectivity index (χ0) is 30.2. The molecule has 0 amide bonds. The topological polar surface area (TPSA) is 89.9 Å². The largest absolute Gasteiger partial charge is 0.481 e. The van der Waals surface area contributed by atoms with Crippen molar-refractivity contribution in [3.05, 3.63) is 11.6 Å². The Morgan fingerprint density at radius 2 is 1.56 bits per heavy atom. The standard InChI is InChI=1S/C35H54O6/c1-30(2)17-19-35(29(39)40-8)20-18-33(6)22(23(35)21-30)9-10-25-32(5)15-14-26(41-28(38)12-11-27(36)37)31(3,4)24(32)13-16-34(25,33)7/h9,23-26H,10-21H2,1-8H3,(H,36,37)/t23-,24-,25+,26-,32-,33+,34+,35-/m0/s1. The number of carboxylic acids is 1. The van der Waals surface area contributed by atoms with Crippen LogP contribution < -0.4 is 0 Å². The van der Waals surface area contributed by atoms with E-state index in [0.29, 0.717) is 11.8 Å². The van der Waals surface area contributed by atoms with E-state index < -0.39 is 5.97 Å². The Kier molecular flexibility index (Phi) is 7.34. The maximum absolute atomic E-state index is 13.5. The van der Waals surface area contributed by atoms with Crippen molar-refractivity contribution < 1.29 is 29.0 Å². The first-order valence-electron chi connectivity index (χ1n) is 16.2. The number of ether oxygens (including phenoxy) is 2. The fraction of sp³-hybridized carbons (Fsp3) is 0.857. The van der Waals surface area contributed by atoms with E-state index in [4.69, 9.17) is 14.6 Å². The van der Waals surface area contributed by atoms with Gasteiger partial charge in [0.2, 0.25) is 0 Å². The molecule has 5 rings (SSSR count). The summed E-state index contributed by atoms with van der Waals surface area (Å²) in [5.41, 5.74) is 1.49. The Balaban J connectivity index is 1.47. The minimum atomic E-state index is -0.967. The molecule has 1 N–H and O–H groups in total. The first-order valence-corrected chi connectivity index (χ1v) is 16.2. The van der Waals surface area contributed by atoms with Gasteiger partial charge in [-0.2, -0.15) is 0 Å². The second kappa shape index (κ2) is 9.84. The molecular weight excluding hydrogens is 516 g/mol. The van der Waals surface area contributed by atoms with Gasteiger partial charge in [0, 0.05) is 5.41 Å². The fourth-order valence-electron chi connectivity index (χ4n) is 11.4. The van der Waals surface area contributed by atoms with Crippen LogP contribution >= 0.6 is 0 Å². The molecule has 0 radical (unpaired) electrons. The highest BCUT2D eigenvalue weighted by Crippen LogP contribution is 2.76. The summed E-state index contributed by atoms with van der Waals surface area (Å²) in [4.78, 5) is 37.0. The second-order valence-electron chi connectivity index (χ2n) is 16.6. The quantitative estimate of drug-likeness (QED) is 0.269. The average molecular weight is 571 g/mol. The zero-order valence-corrected chi connectivity index (χ0v) is 26.9. The van der Waals surface area contributed by atoms with Crippen molar-refractivity contribution in [1.82, 2.24) is 0 Å². The molecule has 0 unspecified atom stereocenters. The molecule has 4 fully saturated rings. The Morgan fingerprint density at radius 3 is 2.22 bits per heavy atom. The Hall–Kier alpha value is -1.85. The van der Waals surface area contributed by atoms with E-state index in [1.165, 1.54) is 0 Å². The summed E-state index contributed by atoms with van der Waals surface area (Å²) >= 11 is 0. The number of allylic oxidation sites excluding steroid dienone is 2. The normalized spacial score (nSPS) is 44.1. The summed E-state index contributed by atoms with van der Waals surface area (Å²) < 4.78 is 11.5. The average Bonchev–Trinajstić information content (AvgIpc) is 2.88. The van der Waals surface area contributed by atoms with Gasteiger partial charge in [0.05, 0.1) is 25.4 Å². The lowest BCUT2D eigenvalue weighted by atomic mass is 9.33. The van der Waals surface area contributed by atoms with E-state index in [1.54, 1.807) is 12.7 Å². The highest BCUT2D eigenvalue weighted by molar-refractivity contribution is 5.78. The fourth-order valence-corrected chi connectivity index (χ4v) is 11.4. The molecule has 0 saturated heterocycles. The molecule has 41 heavy (non-hydrogen) atoms. The third kappa shape index (κ3) is 4.42. The zero-order valence-electron chi connectivity index (χ0n) is 26.9. The number of carbonyl (C=O) groups excluding carboxylic acids is 2. The van der Waals surface area contributed by atoms with Crippen LogP contribution in [0.4, 0.5) is 0 Å². The van der Waals surface area contributed by atoms with Crippen molar-refractivity contribution in [3.63, 3.8) is 0 Å². The van der Waals surface area contributed by atoms with Gasteiger partial charge in [-0.25, -0.2) is 0 Å². The number of rotatable bonds is 5. The van der Waals surface area contributed by atoms with E-state index in [-0.39, 0.29) is 69.3 Å². The summed E-state index contributed by atoms with van der Waals surface area (Å²) in [5.74, 6) is -0.165. The first kappa shape index (κ1) is 30.6. The molecule has 6 heteroatoms. The summed E-state index contributed by atoms with van der Waals surface area (Å²) in [6, 6.07) is 0. The van der Waals surface area contributed by atoms with Crippen molar-refractivity contribution >= 4 is 17.9 Å². The molecular formula is C35H54O6. The Morgan fingerprint density at radius 1 is 0.878 bits per heavy atom. The molecule has 4 saturated carbocycles. The molecule has 0 aliphatic heterocycles. The lowest BCUT2D eigenvalue weighted by Gasteiger charge is -2.71. The summed E-state index contributed by atoms with van der Waals surface area (Å²) in [6.07, 6.45) is 12.2. The summed E-state index contributed by atoms with van der Waals surface area (Å²) in [7, 11) is 1.57. The monoisotopic (exact) mass is 570 g/mol. The third-order valence-electron chi connectivity index (χ3n) is 14.0. The molecule has 5 aliphatic carbocycles. The van der Waals surface area contributed by atoms with Crippen molar-refractivity contribution in [2.75, 3.05) is 7.11 Å². The Bertz CT molecular complexity index is 1140. The first-order chi connectivity index (χ1) is 19.0. The van der Waals surface area contributed by atoms with Crippen LogP contribution in [0, 0.1) is 50.2 Å². The number of carboxylic acid groups (broad SMARTS) is 1. The molecule has 0 bridgehead atoms.